The third-order valence-electron chi connectivity index (χ3n) is 2.52. The molecule has 1 aliphatic heterocycles. The fourth-order valence-corrected chi connectivity index (χ4v) is 3.57. The first kappa shape index (κ1) is 12.2. The maximum atomic E-state index is 11.3. The molecule has 0 spiro atoms. The van der Waals surface area contributed by atoms with E-state index in [1.165, 1.54) is 0 Å². The molecule has 0 aromatic heterocycles. The lowest BCUT2D eigenvalue weighted by atomic mass is 9.98. The van der Waals surface area contributed by atoms with E-state index < -0.39 is 14.4 Å². The Morgan fingerprint density at radius 1 is 1.50 bits per heavy atom. The van der Waals surface area contributed by atoms with Gasteiger partial charge >= 0.3 is 0 Å². The summed E-state index contributed by atoms with van der Waals surface area (Å²) in [5, 5.41) is 5.56. The quantitative estimate of drug-likeness (QED) is 0.703. The largest absolute Gasteiger partial charge is 0.317 e. The molecule has 1 aliphatic rings. The highest BCUT2D eigenvalue weighted by Crippen LogP contribution is 2.22. The minimum Gasteiger partial charge on any atom is -0.317 e. The van der Waals surface area contributed by atoms with Gasteiger partial charge in [0, 0.05) is 10.7 Å². The molecule has 6 heteroatoms. The molecule has 14 heavy (non-hydrogen) atoms. The highest BCUT2D eigenvalue weighted by atomic mass is 35.7. The summed E-state index contributed by atoms with van der Waals surface area (Å²) in [6, 6.07) is 0. The van der Waals surface area contributed by atoms with Crippen LogP contribution in [0.1, 0.15) is 19.8 Å². The van der Waals surface area contributed by atoms with Crippen molar-refractivity contribution in [2.75, 3.05) is 19.6 Å². The van der Waals surface area contributed by atoms with Crippen LogP contribution in [0.3, 0.4) is 0 Å². The number of halogens is 1. The van der Waals surface area contributed by atoms with Crippen molar-refractivity contribution in [3.63, 3.8) is 0 Å². The normalized spacial score (nSPS) is 22.1. The molecule has 0 aliphatic carbocycles. The van der Waals surface area contributed by atoms with E-state index in [1.807, 2.05) is 6.92 Å². The van der Waals surface area contributed by atoms with Crippen LogP contribution in [-0.2, 0) is 9.05 Å². The van der Waals surface area contributed by atoms with Crippen LogP contribution in [0.2, 0.25) is 0 Å². The number of rotatable bonds is 4. The fraction of sp³-hybridized carbons (Fsp3) is 1.00. The smallest absolute Gasteiger partial charge is 0.248 e. The Labute approximate surface area is 89.8 Å². The number of nitrogens with one attached hydrogen (secondary N) is 2. The van der Waals surface area contributed by atoms with E-state index in [0.29, 0.717) is 6.54 Å². The minimum atomic E-state index is -3.49. The van der Waals surface area contributed by atoms with Gasteiger partial charge in [0.2, 0.25) is 9.05 Å². The number of hydrogen-bond acceptors (Lipinski definition) is 4. The summed E-state index contributed by atoms with van der Waals surface area (Å²) in [6.45, 7) is 4.26. The van der Waals surface area contributed by atoms with Crippen LogP contribution >= 0.6 is 10.7 Å². The van der Waals surface area contributed by atoms with Crippen LogP contribution in [0.15, 0.2) is 0 Å². The van der Waals surface area contributed by atoms with Gasteiger partial charge in [-0.25, -0.2) is 8.42 Å². The molecule has 0 aromatic carbocycles. The Balaban J connectivity index is 2.66. The van der Waals surface area contributed by atoms with Gasteiger partial charge in [-0.2, -0.15) is 0 Å². The lowest BCUT2D eigenvalue weighted by Gasteiger charge is -2.28. The Morgan fingerprint density at radius 2 is 2.07 bits per heavy atom. The van der Waals surface area contributed by atoms with E-state index in [0.717, 1.165) is 25.9 Å². The molecular formula is C8H17ClN2O2S. The van der Waals surface area contributed by atoms with E-state index in [1.54, 1.807) is 0 Å². The van der Waals surface area contributed by atoms with Crippen molar-refractivity contribution in [3.05, 3.63) is 0 Å². The van der Waals surface area contributed by atoms with Crippen molar-refractivity contribution in [1.29, 1.82) is 0 Å². The third-order valence-corrected chi connectivity index (χ3v) is 4.25. The van der Waals surface area contributed by atoms with Gasteiger partial charge in [0.25, 0.3) is 0 Å². The van der Waals surface area contributed by atoms with Crippen LogP contribution < -0.4 is 10.6 Å². The molecule has 1 fully saturated rings. The predicted molar refractivity (Wildman–Crippen MR) is 57.8 cm³/mol. The van der Waals surface area contributed by atoms with Gasteiger partial charge in [0.05, 0.1) is 0 Å². The summed E-state index contributed by atoms with van der Waals surface area (Å²) in [4.78, 5) is 0. The first-order valence-electron chi connectivity index (χ1n) is 4.93. The van der Waals surface area contributed by atoms with E-state index in [2.05, 4.69) is 10.6 Å². The van der Waals surface area contributed by atoms with Crippen molar-refractivity contribution in [1.82, 2.24) is 10.6 Å². The lowest BCUT2D eigenvalue weighted by Crippen LogP contribution is -2.44. The monoisotopic (exact) mass is 240 g/mol. The fourth-order valence-electron chi connectivity index (χ4n) is 1.84. The van der Waals surface area contributed by atoms with Crippen molar-refractivity contribution in [3.8, 4) is 0 Å². The first-order chi connectivity index (χ1) is 6.55. The zero-order valence-corrected chi connectivity index (χ0v) is 9.87. The standard InChI is InChI=1S/C8H17ClN2O2S/c1-2-11-8(14(9,12)13)7-3-5-10-6-4-7/h7-8,10-11H,2-6H2,1H3. The second-order valence-corrected chi connectivity index (χ2v) is 6.29. The summed E-state index contributed by atoms with van der Waals surface area (Å²) in [5.74, 6) is 0.138. The van der Waals surface area contributed by atoms with Crippen molar-refractivity contribution in [2.24, 2.45) is 5.92 Å². The summed E-state index contributed by atoms with van der Waals surface area (Å²) in [5.41, 5.74) is 0. The van der Waals surface area contributed by atoms with Gasteiger partial charge < -0.3 is 10.6 Å². The molecule has 1 rings (SSSR count). The Kier molecular flexibility index (Phi) is 4.63. The summed E-state index contributed by atoms with van der Waals surface area (Å²) < 4.78 is 22.6. The molecule has 1 saturated heterocycles. The Hall–Kier alpha value is 0.160. The summed E-state index contributed by atoms with van der Waals surface area (Å²) in [7, 11) is 1.91. The van der Waals surface area contributed by atoms with Gasteiger partial charge in [0.15, 0.2) is 0 Å². The highest BCUT2D eigenvalue weighted by Gasteiger charge is 2.31. The van der Waals surface area contributed by atoms with E-state index in [4.69, 9.17) is 10.7 Å². The van der Waals surface area contributed by atoms with Crippen molar-refractivity contribution < 1.29 is 8.42 Å². The SMILES string of the molecule is CCNC(C1CCNCC1)S(=O)(=O)Cl. The number of hydrogen-bond donors (Lipinski definition) is 2. The number of piperidine rings is 1. The van der Waals surface area contributed by atoms with Crippen LogP contribution in [-0.4, -0.2) is 33.4 Å². The summed E-state index contributed by atoms with van der Waals surface area (Å²) >= 11 is 0. The zero-order valence-electron chi connectivity index (χ0n) is 8.29. The second kappa shape index (κ2) is 5.30. The maximum absolute atomic E-state index is 11.3. The predicted octanol–water partition coefficient (Wildman–Crippen LogP) is 0.490. The second-order valence-electron chi connectivity index (χ2n) is 3.54. The topological polar surface area (TPSA) is 58.2 Å². The van der Waals surface area contributed by atoms with E-state index in [-0.39, 0.29) is 5.92 Å². The van der Waals surface area contributed by atoms with E-state index >= 15 is 0 Å². The Morgan fingerprint density at radius 3 is 2.50 bits per heavy atom. The maximum Gasteiger partial charge on any atom is 0.248 e. The van der Waals surface area contributed by atoms with Crippen LogP contribution in [0.25, 0.3) is 0 Å². The van der Waals surface area contributed by atoms with Gasteiger partial charge in [-0.1, -0.05) is 6.92 Å². The average molecular weight is 241 g/mol. The molecule has 1 heterocycles. The van der Waals surface area contributed by atoms with Gasteiger partial charge in [0.1, 0.15) is 5.37 Å². The first-order valence-corrected chi connectivity index (χ1v) is 7.30. The van der Waals surface area contributed by atoms with E-state index in [9.17, 15) is 8.42 Å². The molecule has 4 nitrogen and oxygen atoms in total. The van der Waals surface area contributed by atoms with Gasteiger partial charge in [-0.3, -0.25) is 0 Å². The minimum absolute atomic E-state index is 0.138. The molecule has 1 atom stereocenters. The van der Waals surface area contributed by atoms with Gasteiger partial charge in [-0.15, -0.1) is 0 Å². The molecular weight excluding hydrogens is 224 g/mol. The highest BCUT2D eigenvalue weighted by molar-refractivity contribution is 8.14. The van der Waals surface area contributed by atoms with Crippen molar-refractivity contribution >= 4 is 19.7 Å². The molecule has 0 saturated carbocycles. The van der Waals surface area contributed by atoms with Crippen LogP contribution in [0.5, 0.6) is 0 Å². The third kappa shape index (κ3) is 3.38. The zero-order chi connectivity index (χ0) is 10.6. The van der Waals surface area contributed by atoms with Crippen LogP contribution in [0.4, 0.5) is 0 Å². The molecule has 1 unspecified atom stereocenters. The molecule has 0 amide bonds. The summed E-state index contributed by atoms with van der Waals surface area (Å²) in [6.07, 6.45) is 1.73. The van der Waals surface area contributed by atoms with Gasteiger partial charge in [-0.05, 0) is 38.4 Å². The Bertz CT molecular complexity index is 263. The van der Waals surface area contributed by atoms with Crippen LogP contribution in [0, 0.1) is 5.92 Å². The lowest BCUT2D eigenvalue weighted by molar-refractivity contribution is 0.332. The van der Waals surface area contributed by atoms with Crippen molar-refractivity contribution in [2.45, 2.75) is 25.1 Å². The average Bonchev–Trinajstić information content (AvgIpc) is 2.14. The molecule has 0 bridgehead atoms. The molecule has 0 aromatic rings. The molecule has 2 N–H and O–H groups in total. The molecule has 0 radical (unpaired) electrons. The molecule has 84 valence electrons.